The van der Waals surface area contributed by atoms with E-state index in [1.54, 1.807) is 24.3 Å². The summed E-state index contributed by atoms with van der Waals surface area (Å²) < 4.78 is 38.1. The SMILES string of the molecule is Cc1ccc(C=CC(=O)NC(C)(C(=O)O)C(F)(F)F)cc1. The topological polar surface area (TPSA) is 66.4 Å². The molecule has 0 fully saturated rings. The van der Waals surface area contributed by atoms with Crippen LogP contribution in [0.25, 0.3) is 6.08 Å². The molecule has 0 radical (unpaired) electrons. The summed E-state index contributed by atoms with van der Waals surface area (Å²) in [5.41, 5.74) is -1.73. The van der Waals surface area contributed by atoms with Crippen LogP contribution in [0.2, 0.25) is 0 Å². The van der Waals surface area contributed by atoms with Gasteiger partial charge in [-0.15, -0.1) is 0 Å². The molecule has 7 heteroatoms. The van der Waals surface area contributed by atoms with Crippen LogP contribution in [0.15, 0.2) is 30.3 Å². The van der Waals surface area contributed by atoms with Gasteiger partial charge in [-0.25, -0.2) is 4.79 Å². The van der Waals surface area contributed by atoms with Gasteiger partial charge in [-0.2, -0.15) is 13.2 Å². The fourth-order valence-corrected chi connectivity index (χ4v) is 1.38. The van der Waals surface area contributed by atoms with E-state index in [9.17, 15) is 22.8 Å². The van der Waals surface area contributed by atoms with Crippen LogP contribution < -0.4 is 5.32 Å². The molecule has 0 aliphatic heterocycles. The number of hydrogen-bond donors (Lipinski definition) is 2. The van der Waals surface area contributed by atoms with E-state index in [0.717, 1.165) is 11.6 Å². The molecule has 0 bridgehead atoms. The number of aliphatic carboxylic acids is 1. The van der Waals surface area contributed by atoms with Crippen LogP contribution in [0, 0.1) is 6.92 Å². The van der Waals surface area contributed by atoms with E-state index in [-0.39, 0.29) is 0 Å². The molecule has 0 aromatic heterocycles. The Labute approximate surface area is 119 Å². The van der Waals surface area contributed by atoms with E-state index in [2.05, 4.69) is 0 Å². The number of nitrogens with one attached hydrogen (secondary N) is 1. The maximum Gasteiger partial charge on any atom is 0.422 e. The third kappa shape index (κ3) is 4.08. The molecule has 1 atom stereocenters. The summed E-state index contributed by atoms with van der Waals surface area (Å²) >= 11 is 0. The predicted molar refractivity (Wildman–Crippen MR) is 70.5 cm³/mol. The first-order valence-electron chi connectivity index (χ1n) is 5.93. The van der Waals surface area contributed by atoms with Gasteiger partial charge in [-0.1, -0.05) is 29.8 Å². The van der Waals surface area contributed by atoms with E-state index in [0.29, 0.717) is 12.5 Å². The van der Waals surface area contributed by atoms with Gasteiger partial charge < -0.3 is 10.4 Å². The number of alkyl halides is 3. The largest absolute Gasteiger partial charge is 0.479 e. The minimum atomic E-state index is -5.10. The molecular formula is C14H14F3NO3. The molecule has 114 valence electrons. The normalized spacial score (nSPS) is 14.7. The second-order valence-electron chi connectivity index (χ2n) is 4.66. The number of aryl methyl sites for hydroxylation is 1. The van der Waals surface area contributed by atoms with Gasteiger partial charge in [0.15, 0.2) is 0 Å². The number of hydrogen-bond acceptors (Lipinski definition) is 2. The molecule has 1 aromatic carbocycles. The van der Waals surface area contributed by atoms with E-state index in [1.165, 1.54) is 11.4 Å². The Hall–Kier alpha value is -2.31. The summed E-state index contributed by atoms with van der Waals surface area (Å²) in [5, 5.41) is 10.1. The van der Waals surface area contributed by atoms with Gasteiger partial charge in [0.25, 0.3) is 0 Å². The summed E-state index contributed by atoms with van der Waals surface area (Å²) in [5.74, 6) is -3.31. The molecular weight excluding hydrogens is 287 g/mol. The van der Waals surface area contributed by atoms with Gasteiger partial charge in [-0.3, -0.25) is 4.79 Å². The molecule has 0 aliphatic rings. The zero-order chi connectivity index (χ0) is 16.3. The highest BCUT2D eigenvalue weighted by molar-refractivity contribution is 5.96. The van der Waals surface area contributed by atoms with Gasteiger partial charge in [0, 0.05) is 6.08 Å². The van der Waals surface area contributed by atoms with Crippen LogP contribution in [-0.4, -0.2) is 28.7 Å². The Morgan fingerprint density at radius 2 is 1.71 bits per heavy atom. The zero-order valence-electron chi connectivity index (χ0n) is 11.4. The lowest BCUT2D eigenvalue weighted by atomic mass is 10.0. The maximum absolute atomic E-state index is 12.7. The zero-order valence-corrected chi connectivity index (χ0v) is 11.4. The Balaban J connectivity index is 2.85. The van der Waals surface area contributed by atoms with Crippen molar-refractivity contribution < 1.29 is 27.9 Å². The molecule has 1 amide bonds. The van der Waals surface area contributed by atoms with Crippen molar-refractivity contribution >= 4 is 18.0 Å². The number of carboxylic acid groups (broad SMARTS) is 1. The third-order valence-corrected chi connectivity index (χ3v) is 2.87. The van der Waals surface area contributed by atoms with Crippen molar-refractivity contribution in [1.29, 1.82) is 0 Å². The maximum atomic E-state index is 12.7. The Morgan fingerprint density at radius 1 is 1.19 bits per heavy atom. The molecule has 2 N–H and O–H groups in total. The third-order valence-electron chi connectivity index (χ3n) is 2.87. The van der Waals surface area contributed by atoms with Crippen LogP contribution in [0.5, 0.6) is 0 Å². The number of carbonyl (C=O) groups excluding carboxylic acids is 1. The number of carboxylic acids is 1. The minimum Gasteiger partial charge on any atom is -0.479 e. The lowest BCUT2D eigenvalue weighted by Crippen LogP contribution is -2.61. The van der Waals surface area contributed by atoms with Crippen molar-refractivity contribution in [3.8, 4) is 0 Å². The van der Waals surface area contributed by atoms with Gasteiger partial charge >= 0.3 is 12.1 Å². The van der Waals surface area contributed by atoms with Gasteiger partial charge in [-0.05, 0) is 25.5 Å². The van der Waals surface area contributed by atoms with Gasteiger partial charge in [0.2, 0.25) is 11.4 Å². The number of rotatable bonds is 4. The highest BCUT2D eigenvalue weighted by atomic mass is 19.4. The number of halogens is 3. The fourth-order valence-electron chi connectivity index (χ4n) is 1.38. The van der Waals surface area contributed by atoms with Gasteiger partial charge in [0.1, 0.15) is 0 Å². The smallest absolute Gasteiger partial charge is 0.422 e. The molecule has 0 spiro atoms. The van der Waals surface area contributed by atoms with E-state index >= 15 is 0 Å². The minimum absolute atomic E-state index is 0.396. The summed E-state index contributed by atoms with van der Waals surface area (Å²) in [6.07, 6.45) is -2.95. The quantitative estimate of drug-likeness (QED) is 0.840. The van der Waals surface area contributed by atoms with E-state index < -0.39 is 23.6 Å². The van der Waals surface area contributed by atoms with Crippen molar-refractivity contribution in [2.24, 2.45) is 0 Å². The Morgan fingerprint density at radius 3 is 2.14 bits per heavy atom. The molecule has 0 heterocycles. The number of benzene rings is 1. The standard InChI is InChI=1S/C14H14F3NO3/c1-9-3-5-10(6-4-9)7-8-11(19)18-13(2,12(20)21)14(15,16)17/h3-8H,1-2H3,(H,18,19)(H,20,21). The van der Waals surface area contributed by atoms with E-state index in [4.69, 9.17) is 5.11 Å². The number of amides is 1. The van der Waals surface area contributed by atoms with Crippen LogP contribution in [0.3, 0.4) is 0 Å². The van der Waals surface area contributed by atoms with Crippen molar-refractivity contribution in [3.63, 3.8) is 0 Å². The second-order valence-corrected chi connectivity index (χ2v) is 4.66. The van der Waals surface area contributed by atoms with Crippen LogP contribution in [0.4, 0.5) is 13.2 Å². The first kappa shape index (κ1) is 16.7. The van der Waals surface area contributed by atoms with Crippen molar-refractivity contribution in [2.75, 3.05) is 0 Å². The summed E-state index contributed by atoms with van der Waals surface area (Å²) in [7, 11) is 0. The molecule has 1 aromatic rings. The molecule has 1 rings (SSSR count). The molecule has 21 heavy (non-hydrogen) atoms. The monoisotopic (exact) mass is 301 g/mol. The highest BCUT2D eigenvalue weighted by Gasteiger charge is 2.58. The molecule has 4 nitrogen and oxygen atoms in total. The molecule has 0 saturated carbocycles. The van der Waals surface area contributed by atoms with Crippen molar-refractivity contribution in [3.05, 3.63) is 41.5 Å². The second kappa shape index (κ2) is 5.99. The van der Waals surface area contributed by atoms with Crippen LogP contribution >= 0.6 is 0 Å². The fraction of sp³-hybridized carbons (Fsp3) is 0.286. The Bertz CT molecular complexity index is 564. The summed E-state index contributed by atoms with van der Waals surface area (Å²) in [4.78, 5) is 22.2. The molecule has 0 saturated heterocycles. The lowest BCUT2D eigenvalue weighted by molar-refractivity contribution is -0.206. The number of carbonyl (C=O) groups is 2. The lowest BCUT2D eigenvalue weighted by Gasteiger charge is -2.27. The Kier molecular flexibility index (Phi) is 4.77. The molecule has 0 aliphatic carbocycles. The van der Waals surface area contributed by atoms with E-state index in [1.807, 2.05) is 6.92 Å². The predicted octanol–water partition coefficient (Wildman–Crippen LogP) is 2.53. The summed E-state index contributed by atoms with van der Waals surface area (Å²) in [6, 6.07) is 6.90. The average Bonchev–Trinajstić information content (AvgIpc) is 2.36. The molecule has 1 unspecified atom stereocenters. The first-order valence-corrected chi connectivity index (χ1v) is 5.93. The average molecular weight is 301 g/mol. The van der Waals surface area contributed by atoms with Crippen LogP contribution in [0.1, 0.15) is 18.1 Å². The van der Waals surface area contributed by atoms with Gasteiger partial charge in [0.05, 0.1) is 0 Å². The highest BCUT2D eigenvalue weighted by Crippen LogP contribution is 2.30. The van der Waals surface area contributed by atoms with Crippen molar-refractivity contribution in [2.45, 2.75) is 25.6 Å². The van der Waals surface area contributed by atoms with Crippen LogP contribution in [-0.2, 0) is 9.59 Å². The van der Waals surface area contributed by atoms with Crippen molar-refractivity contribution in [1.82, 2.24) is 5.32 Å². The first-order chi connectivity index (χ1) is 9.56. The summed E-state index contributed by atoms with van der Waals surface area (Å²) in [6.45, 7) is 2.26.